The number of hydrogen-bond donors (Lipinski definition) is 0. The third-order valence-corrected chi connectivity index (χ3v) is 7.21. The van der Waals surface area contributed by atoms with E-state index in [1.165, 1.54) is 6.07 Å². The highest BCUT2D eigenvalue weighted by atomic mass is 35.5. The number of benzene rings is 1. The fourth-order valence-electron chi connectivity index (χ4n) is 3.62. The van der Waals surface area contributed by atoms with Gasteiger partial charge in [-0.15, -0.1) is 0 Å². The summed E-state index contributed by atoms with van der Waals surface area (Å²) in [5.41, 5.74) is 0.0724. The number of likely N-dealkylation sites (tertiary alicyclic amines) is 1. The van der Waals surface area contributed by atoms with Crippen LogP contribution < -0.4 is 0 Å². The van der Waals surface area contributed by atoms with Crippen LogP contribution in [0.3, 0.4) is 0 Å². The fourth-order valence-corrected chi connectivity index (χ4v) is 5.36. The van der Waals surface area contributed by atoms with Gasteiger partial charge in [0.05, 0.1) is 4.90 Å². The van der Waals surface area contributed by atoms with Crippen LogP contribution in [0.5, 0.6) is 0 Å². The van der Waals surface area contributed by atoms with Gasteiger partial charge in [0.1, 0.15) is 0 Å². The maximum atomic E-state index is 12.7. The van der Waals surface area contributed by atoms with E-state index in [1.54, 1.807) is 27.4 Å². The first-order chi connectivity index (χ1) is 10.8. The molecular formula is C16H21ClN2O3S. The van der Waals surface area contributed by atoms with Gasteiger partial charge in [0.15, 0.2) is 0 Å². The minimum Gasteiger partial charge on any atom is -0.345 e. The van der Waals surface area contributed by atoms with E-state index in [0.717, 1.165) is 25.8 Å². The molecule has 2 heterocycles. The van der Waals surface area contributed by atoms with Crippen molar-refractivity contribution in [2.24, 2.45) is 5.41 Å². The molecule has 0 N–H and O–H groups in total. The normalized spacial score (nSPS) is 22.5. The van der Waals surface area contributed by atoms with Crippen LogP contribution in [-0.2, 0) is 14.8 Å². The van der Waals surface area contributed by atoms with Crippen LogP contribution in [0.1, 0.15) is 25.7 Å². The Morgan fingerprint density at radius 3 is 2.48 bits per heavy atom. The van der Waals surface area contributed by atoms with Crippen LogP contribution >= 0.6 is 11.6 Å². The summed E-state index contributed by atoms with van der Waals surface area (Å²) in [4.78, 5) is 13.7. The predicted octanol–water partition coefficient (Wildman–Crippen LogP) is 2.36. The number of carbonyl (C=O) groups excluding carboxylic acids is 1. The molecule has 0 saturated carbocycles. The number of sulfonamides is 1. The number of amides is 1. The highest BCUT2D eigenvalue weighted by molar-refractivity contribution is 7.89. The van der Waals surface area contributed by atoms with Gasteiger partial charge in [-0.05, 0) is 42.9 Å². The van der Waals surface area contributed by atoms with Gasteiger partial charge < -0.3 is 4.90 Å². The molecule has 0 bridgehead atoms. The number of halogens is 1. The van der Waals surface area contributed by atoms with Crippen LogP contribution in [-0.4, -0.2) is 50.2 Å². The molecule has 1 spiro atoms. The first-order valence-electron chi connectivity index (χ1n) is 7.82. The minimum absolute atomic E-state index is 0.0724. The molecule has 7 heteroatoms. The maximum absolute atomic E-state index is 12.7. The van der Waals surface area contributed by atoms with E-state index in [2.05, 4.69) is 0 Å². The molecule has 0 aliphatic carbocycles. The molecule has 0 radical (unpaired) electrons. The Morgan fingerprint density at radius 1 is 1.17 bits per heavy atom. The third kappa shape index (κ3) is 3.25. The summed E-state index contributed by atoms with van der Waals surface area (Å²) in [5, 5.41) is 0.423. The van der Waals surface area contributed by atoms with Gasteiger partial charge in [0.25, 0.3) is 0 Å². The molecular weight excluding hydrogens is 336 g/mol. The van der Waals surface area contributed by atoms with Crippen molar-refractivity contribution in [3.8, 4) is 0 Å². The standard InChI is InChI=1S/C16H21ClN2O3S/c1-18-12-16(6-5-15(18)20)7-9-19(10-8-16)23(21,22)14-4-2-3-13(17)11-14/h2-4,11H,5-10,12H2,1H3. The van der Waals surface area contributed by atoms with Gasteiger partial charge in [0, 0.05) is 38.1 Å². The van der Waals surface area contributed by atoms with Crippen LogP contribution in [0.2, 0.25) is 5.02 Å². The van der Waals surface area contributed by atoms with E-state index in [1.807, 2.05) is 7.05 Å². The Labute approximate surface area is 142 Å². The molecule has 126 valence electrons. The largest absolute Gasteiger partial charge is 0.345 e. The fraction of sp³-hybridized carbons (Fsp3) is 0.562. The first-order valence-corrected chi connectivity index (χ1v) is 9.64. The molecule has 2 aliphatic heterocycles. The highest BCUT2D eigenvalue weighted by Crippen LogP contribution is 2.40. The monoisotopic (exact) mass is 356 g/mol. The van der Waals surface area contributed by atoms with Crippen molar-refractivity contribution < 1.29 is 13.2 Å². The van der Waals surface area contributed by atoms with Crippen molar-refractivity contribution in [2.75, 3.05) is 26.7 Å². The Morgan fingerprint density at radius 2 is 1.87 bits per heavy atom. The second kappa shape index (κ2) is 6.07. The second-order valence-electron chi connectivity index (χ2n) is 6.61. The molecule has 1 aromatic rings. The summed E-state index contributed by atoms with van der Waals surface area (Å²) < 4.78 is 27.0. The molecule has 2 saturated heterocycles. The zero-order valence-corrected chi connectivity index (χ0v) is 14.7. The zero-order valence-electron chi connectivity index (χ0n) is 13.2. The van der Waals surface area contributed by atoms with Crippen molar-refractivity contribution >= 4 is 27.5 Å². The van der Waals surface area contributed by atoms with Crippen molar-refractivity contribution in [1.29, 1.82) is 0 Å². The highest BCUT2D eigenvalue weighted by Gasteiger charge is 2.42. The van der Waals surface area contributed by atoms with E-state index < -0.39 is 10.0 Å². The van der Waals surface area contributed by atoms with Gasteiger partial charge >= 0.3 is 0 Å². The lowest BCUT2D eigenvalue weighted by molar-refractivity contribution is -0.136. The first kappa shape index (κ1) is 16.7. The number of hydrogen-bond acceptors (Lipinski definition) is 3. The molecule has 5 nitrogen and oxygen atoms in total. The summed E-state index contributed by atoms with van der Waals surface area (Å²) in [6.07, 6.45) is 3.02. The molecule has 0 aromatic heterocycles. The summed E-state index contributed by atoms with van der Waals surface area (Å²) in [6, 6.07) is 6.40. The van der Waals surface area contributed by atoms with Crippen molar-refractivity contribution in [2.45, 2.75) is 30.6 Å². The summed E-state index contributed by atoms with van der Waals surface area (Å²) in [5.74, 6) is 0.185. The molecule has 2 fully saturated rings. The van der Waals surface area contributed by atoms with E-state index in [-0.39, 0.29) is 16.2 Å². The van der Waals surface area contributed by atoms with Gasteiger partial charge in [-0.2, -0.15) is 4.31 Å². The molecule has 1 aromatic carbocycles. The van der Waals surface area contributed by atoms with Crippen LogP contribution in [0.25, 0.3) is 0 Å². The molecule has 2 aliphatic rings. The van der Waals surface area contributed by atoms with Crippen molar-refractivity contribution in [3.05, 3.63) is 29.3 Å². The lowest BCUT2D eigenvalue weighted by atomic mass is 9.73. The Kier molecular flexibility index (Phi) is 4.42. The van der Waals surface area contributed by atoms with E-state index in [9.17, 15) is 13.2 Å². The third-order valence-electron chi connectivity index (χ3n) is 5.08. The summed E-state index contributed by atoms with van der Waals surface area (Å²) in [6.45, 7) is 1.73. The quantitative estimate of drug-likeness (QED) is 0.817. The van der Waals surface area contributed by atoms with Crippen molar-refractivity contribution in [1.82, 2.24) is 9.21 Å². The Hall–Kier alpha value is -1.11. The average Bonchev–Trinajstić information content (AvgIpc) is 2.52. The molecule has 0 unspecified atom stereocenters. The zero-order chi connectivity index (χ0) is 16.7. The number of nitrogens with zero attached hydrogens (tertiary/aromatic N) is 2. The molecule has 3 rings (SSSR count). The van der Waals surface area contributed by atoms with Gasteiger partial charge in [-0.25, -0.2) is 8.42 Å². The van der Waals surface area contributed by atoms with E-state index in [0.29, 0.717) is 24.5 Å². The average molecular weight is 357 g/mol. The summed E-state index contributed by atoms with van der Waals surface area (Å²) >= 11 is 5.92. The lowest BCUT2D eigenvalue weighted by Gasteiger charge is -2.46. The van der Waals surface area contributed by atoms with Crippen LogP contribution in [0.4, 0.5) is 0 Å². The summed E-state index contributed by atoms with van der Waals surface area (Å²) in [7, 11) is -1.66. The minimum atomic E-state index is -3.50. The predicted molar refractivity (Wildman–Crippen MR) is 88.7 cm³/mol. The SMILES string of the molecule is CN1CC2(CCC1=O)CCN(S(=O)(=O)c1cccc(Cl)c1)CC2. The smallest absolute Gasteiger partial charge is 0.243 e. The second-order valence-corrected chi connectivity index (χ2v) is 8.99. The van der Waals surface area contributed by atoms with Gasteiger partial charge in [-0.3, -0.25) is 4.79 Å². The van der Waals surface area contributed by atoms with E-state index >= 15 is 0 Å². The molecule has 23 heavy (non-hydrogen) atoms. The molecule has 1 amide bonds. The van der Waals surface area contributed by atoms with Crippen molar-refractivity contribution in [3.63, 3.8) is 0 Å². The molecule has 0 atom stereocenters. The number of carbonyl (C=O) groups is 1. The van der Waals surface area contributed by atoms with Crippen LogP contribution in [0, 0.1) is 5.41 Å². The lowest BCUT2D eigenvalue weighted by Crippen LogP contribution is -2.51. The topological polar surface area (TPSA) is 57.7 Å². The maximum Gasteiger partial charge on any atom is 0.243 e. The Bertz CT molecular complexity index is 712. The van der Waals surface area contributed by atoms with Crippen LogP contribution in [0.15, 0.2) is 29.2 Å². The number of piperidine rings is 2. The van der Waals surface area contributed by atoms with Gasteiger partial charge in [0.2, 0.25) is 15.9 Å². The number of rotatable bonds is 2. The van der Waals surface area contributed by atoms with Gasteiger partial charge in [-0.1, -0.05) is 17.7 Å². The Balaban J connectivity index is 1.73. The van der Waals surface area contributed by atoms with E-state index in [4.69, 9.17) is 11.6 Å².